The summed E-state index contributed by atoms with van der Waals surface area (Å²) in [6, 6.07) is 8.08. The molecule has 0 radical (unpaired) electrons. The molecule has 0 aliphatic heterocycles. The molecule has 0 amide bonds. The van der Waals surface area contributed by atoms with E-state index in [1.165, 1.54) is 4.90 Å². The summed E-state index contributed by atoms with van der Waals surface area (Å²) < 4.78 is 1.79. The van der Waals surface area contributed by atoms with Gasteiger partial charge in [-0.05, 0) is 24.8 Å². The molecule has 90 valence electrons. The highest BCUT2D eigenvalue weighted by Crippen LogP contribution is 2.23. The minimum absolute atomic E-state index is 0.0369. The first kappa shape index (κ1) is 12.1. The van der Waals surface area contributed by atoms with Crippen LogP contribution in [0.2, 0.25) is 0 Å². The molecule has 2 aromatic rings. The van der Waals surface area contributed by atoms with Crippen LogP contribution in [0.5, 0.6) is 0 Å². The Morgan fingerprint density at radius 2 is 2.18 bits per heavy atom. The molecule has 0 fully saturated rings. The van der Waals surface area contributed by atoms with Crippen molar-refractivity contribution in [2.24, 2.45) is 5.73 Å². The molecule has 0 saturated heterocycles. The standard InChI is InChI=1S/C12H16N4S/c1-3-9(13)10-8-16(15-14-10)11-6-4-5-7-12(11)17-2/h4-9H,3,13H2,1-2H3. The van der Waals surface area contributed by atoms with Crippen molar-refractivity contribution in [1.29, 1.82) is 0 Å². The summed E-state index contributed by atoms with van der Waals surface area (Å²) in [5.74, 6) is 0. The van der Waals surface area contributed by atoms with Gasteiger partial charge in [-0.1, -0.05) is 24.3 Å². The van der Waals surface area contributed by atoms with E-state index in [0.717, 1.165) is 17.8 Å². The van der Waals surface area contributed by atoms with Crippen LogP contribution in [0.1, 0.15) is 25.1 Å². The maximum atomic E-state index is 5.94. The summed E-state index contributed by atoms with van der Waals surface area (Å²) in [5, 5.41) is 8.25. The van der Waals surface area contributed by atoms with Gasteiger partial charge in [0.15, 0.2) is 0 Å². The molecule has 1 aromatic heterocycles. The fourth-order valence-electron chi connectivity index (χ4n) is 1.59. The minimum atomic E-state index is -0.0369. The zero-order chi connectivity index (χ0) is 12.3. The lowest BCUT2D eigenvalue weighted by Crippen LogP contribution is -2.08. The summed E-state index contributed by atoms with van der Waals surface area (Å²) >= 11 is 1.69. The van der Waals surface area contributed by atoms with Crippen LogP contribution in [0, 0.1) is 0 Å². The van der Waals surface area contributed by atoms with Gasteiger partial charge in [0.05, 0.1) is 23.6 Å². The molecule has 0 spiro atoms. The zero-order valence-electron chi connectivity index (χ0n) is 10.00. The van der Waals surface area contributed by atoms with Crippen molar-refractivity contribution >= 4 is 11.8 Å². The van der Waals surface area contributed by atoms with Gasteiger partial charge in [0.2, 0.25) is 0 Å². The highest BCUT2D eigenvalue weighted by molar-refractivity contribution is 7.98. The predicted octanol–water partition coefficient (Wildman–Crippen LogP) is 2.40. The number of benzene rings is 1. The monoisotopic (exact) mass is 248 g/mol. The average Bonchev–Trinajstić information content (AvgIpc) is 2.87. The van der Waals surface area contributed by atoms with Gasteiger partial charge in [-0.2, -0.15) is 0 Å². The molecule has 2 N–H and O–H groups in total. The van der Waals surface area contributed by atoms with Gasteiger partial charge in [0, 0.05) is 4.90 Å². The number of hydrogen-bond acceptors (Lipinski definition) is 4. The molecule has 17 heavy (non-hydrogen) atoms. The third-order valence-electron chi connectivity index (χ3n) is 2.66. The number of rotatable bonds is 4. The number of thioether (sulfide) groups is 1. The van der Waals surface area contributed by atoms with Gasteiger partial charge in [0.25, 0.3) is 0 Å². The van der Waals surface area contributed by atoms with E-state index in [2.05, 4.69) is 22.6 Å². The van der Waals surface area contributed by atoms with Gasteiger partial charge in [-0.15, -0.1) is 16.9 Å². The van der Waals surface area contributed by atoms with E-state index in [-0.39, 0.29) is 6.04 Å². The number of hydrogen-bond donors (Lipinski definition) is 1. The second-order valence-corrected chi connectivity index (χ2v) is 4.62. The largest absolute Gasteiger partial charge is 0.323 e. The molecular weight excluding hydrogens is 232 g/mol. The molecule has 0 bridgehead atoms. The lowest BCUT2D eigenvalue weighted by atomic mass is 10.2. The van der Waals surface area contributed by atoms with Gasteiger partial charge in [-0.3, -0.25) is 0 Å². The topological polar surface area (TPSA) is 56.7 Å². The molecule has 1 unspecified atom stereocenters. The highest BCUT2D eigenvalue weighted by atomic mass is 32.2. The Bertz CT molecular complexity index is 495. The third-order valence-corrected chi connectivity index (χ3v) is 3.45. The Morgan fingerprint density at radius 1 is 1.41 bits per heavy atom. The molecule has 2 rings (SSSR count). The quantitative estimate of drug-likeness (QED) is 0.844. The molecule has 1 aromatic carbocycles. The van der Waals surface area contributed by atoms with E-state index in [9.17, 15) is 0 Å². The summed E-state index contributed by atoms with van der Waals surface area (Å²) in [5.41, 5.74) is 7.82. The summed E-state index contributed by atoms with van der Waals surface area (Å²) in [7, 11) is 0. The minimum Gasteiger partial charge on any atom is -0.323 e. The SMILES string of the molecule is CCC(N)c1cn(-c2ccccc2SC)nn1. The van der Waals surface area contributed by atoms with Crippen LogP contribution in [0.25, 0.3) is 5.69 Å². The lowest BCUT2D eigenvalue weighted by Gasteiger charge is -2.05. The van der Waals surface area contributed by atoms with Crippen molar-refractivity contribution in [2.45, 2.75) is 24.3 Å². The van der Waals surface area contributed by atoms with Crippen LogP contribution < -0.4 is 5.73 Å². The van der Waals surface area contributed by atoms with Gasteiger partial charge in [0.1, 0.15) is 0 Å². The first-order chi connectivity index (χ1) is 8.26. The Kier molecular flexibility index (Phi) is 3.81. The van der Waals surface area contributed by atoms with Crippen molar-refractivity contribution in [2.75, 3.05) is 6.26 Å². The zero-order valence-corrected chi connectivity index (χ0v) is 10.8. The average molecular weight is 248 g/mol. The maximum absolute atomic E-state index is 5.94. The number of aromatic nitrogens is 3. The molecule has 5 heteroatoms. The van der Waals surface area contributed by atoms with E-state index in [1.54, 1.807) is 16.4 Å². The smallest absolute Gasteiger partial charge is 0.0998 e. The van der Waals surface area contributed by atoms with Crippen LogP contribution in [-0.4, -0.2) is 21.2 Å². The Balaban J connectivity index is 2.37. The first-order valence-corrected chi connectivity index (χ1v) is 6.80. The molecule has 1 heterocycles. The predicted molar refractivity (Wildman–Crippen MR) is 70.4 cm³/mol. The van der Waals surface area contributed by atoms with Crippen LogP contribution in [-0.2, 0) is 0 Å². The fraction of sp³-hybridized carbons (Fsp3) is 0.333. The molecule has 4 nitrogen and oxygen atoms in total. The van der Waals surface area contributed by atoms with Crippen molar-refractivity contribution < 1.29 is 0 Å². The van der Waals surface area contributed by atoms with Crippen molar-refractivity contribution in [3.05, 3.63) is 36.2 Å². The van der Waals surface area contributed by atoms with Crippen LogP contribution >= 0.6 is 11.8 Å². The number of nitrogens with zero attached hydrogens (tertiary/aromatic N) is 3. The van der Waals surface area contributed by atoms with Gasteiger partial charge >= 0.3 is 0 Å². The fourth-order valence-corrected chi connectivity index (χ4v) is 2.18. The van der Waals surface area contributed by atoms with E-state index in [0.29, 0.717) is 0 Å². The Morgan fingerprint density at radius 3 is 2.88 bits per heavy atom. The second kappa shape index (κ2) is 5.33. The summed E-state index contributed by atoms with van der Waals surface area (Å²) in [6.45, 7) is 2.04. The molecule has 0 aliphatic carbocycles. The Labute approximate surface area is 105 Å². The number of para-hydroxylation sites is 1. The second-order valence-electron chi connectivity index (χ2n) is 3.77. The third kappa shape index (κ3) is 2.50. The first-order valence-electron chi connectivity index (χ1n) is 5.57. The van der Waals surface area contributed by atoms with Crippen molar-refractivity contribution in [3.63, 3.8) is 0 Å². The van der Waals surface area contributed by atoms with Gasteiger partial charge < -0.3 is 5.73 Å². The summed E-state index contributed by atoms with van der Waals surface area (Å²) in [6.07, 6.45) is 4.82. The Hall–Kier alpha value is -1.33. The lowest BCUT2D eigenvalue weighted by molar-refractivity contribution is 0.670. The molecular formula is C12H16N4S. The number of nitrogens with two attached hydrogens (primary N) is 1. The normalized spacial score (nSPS) is 12.6. The van der Waals surface area contributed by atoms with Crippen LogP contribution in [0.3, 0.4) is 0 Å². The van der Waals surface area contributed by atoms with Crippen LogP contribution in [0.4, 0.5) is 0 Å². The van der Waals surface area contributed by atoms with Gasteiger partial charge in [-0.25, -0.2) is 4.68 Å². The van der Waals surface area contributed by atoms with E-state index in [4.69, 9.17) is 5.73 Å². The maximum Gasteiger partial charge on any atom is 0.0998 e. The highest BCUT2D eigenvalue weighted by Gasteiger charge is 2.10. The molecule has 0 saturated carbocycles. The molecule has 0 aliphatic rings. The van der Waals surface area contributed by atoms with E-state index in [1.807, 2.05) is 31.3 Å². The molecule has 1 atom stereocenters. The van der Waals surface area contributed by atoms with Crippen molar-refractivity contribution in [3.8, 4) is 5.69 Å². The van der Waals surface area contributed by atoms with E-state index >= 15 is 0 Å². The van der Waals surface area contributed by atoms with Crippen molar-refractivity contribution in [1.82, 2.24) is 15.0 Å². The summed E-state index contributed by atoms with van der Waals surface area (Å²) in [4.78, 5) is 1.18. The van der Waals surface area contributed by atoms with Crippen LogP contribution in [0.15, 0.2) is 35.4 Å². The van der Waals surface area contributed by atoms with E-state index < -0.39 is 0 Å².